The average molecular weight is 260 g/mol. The van der Waals surface area contributed by atoms with E-state index in [0.29, 0.717) is 0 Å². The molecule has 0 heterocycles. The van der Waals surface area contributed by atoms with E-state index in [1.165, 1.54) is 83.5 Å². The molecule has 0 aromatic rings. The van der Waals surface area contributed by atoms with Crippen LogP contribution in [0.25, 0.3) is 0 Å². The molecule has 2 aliphatic carbocycles. The molecule has 0 nitrogen and oxygen atoms in total. The van der Waals surface area contributed by atoms with Crippen LogP contribution in [0.2, 0.25) is 0 Å². The zero-order valence-electron chi connectivity index (χ0n) is 12.7. The summed E-state index contributed by atoms with van der Waals surface area (Å²) in [6.07, 6.45) is 28.4. The van der Waals surface area contributed by atoms with Gasteiger partial charge in [0.15, 0.2) is 0 Å². The van der Waals surface area contributed by atoms with E-state index in [9.17, 15) is 0 Å². The number of allylic oxidation sites excluding steroid dienone is 4. The third kappa shape index (κ3) is 6.45. The van der Waals surface area contributed by atoms with Crippen molar-refractivity contribution in [2.24, 2.45) is 11.8 Å². The first kappa shape index (κ1) is 14.9. The predicted molar refractivity (Wildman–Crippen MR) is 85.3 cm³/mol. The van der Waals surface area contributed by atoms with Gasteiger partial charge in [-0.25, -0.2) is 0 Å². The van der Waals surface area contributed by atoms with Crippen molar-refractivity contribution in [1.82, 2.24) is 0 Å². The molecule has 19 heavy (non-hydrogen) atoms. The molecule has 0 saturated heterocycles. The highest BCUT2D eigenvalue weighted by Crippen LogP contribution is 2.25. The lowest BCUT2D eigenvalue weighted by atomic mass is 9.94. The molecule has 0 spiro atoms. The summed E-state index contributed by atoms with van der Waals surface area (Å²) in [5.74, 6) is 1.75. The van der Waals surface area contributed by atoms with Gasteiger partial charge in [0.2, 0.25) is 0 Å². The van der Waals surface area contributed by atoms with Gasteiger partial charge in [0.25, 0.3) is 0 Å². The van der Waals surface area contributed by atoms with Crippen LogP contribution < -0.4 is 0 Å². The summed E-state index contributed by atoms with van der Waals surface area (Å²) in [5, 5.41) is 0. The molecule has 0 aromatic heterocycles. The Kier molecular flexibility index (Phi) is 7.36. The van der Waals surface area contributed by atoms with E-state index in [1.54, 1.807) is 0 Å². The van der Waals surface area contributed by atoms with E-state index in [2.05, 4.69) is 24.3 Å². The predicted octanol–water partition coefficient (Wildman–Crippen LogP) is 6.43. The average Bonchev–Trinajstić information content (AvgIpc) is 2.46. The number of hydrogen-bond acceptors (Lipinski definition) is 0. The minimum Gasteiger partial charge on any atom is -0.0880 e. The maximum Gasteiger partial charge on any atom is -0.0234 e. The summed E-state index contributed by atoms with van der Waals surface area (Å²) in [4.78, 5) is 0. The summed E-state index contributed by atoms with van der Waals surface area (Å²) >= 11 is 0. The smallest absolute Gasteiger partial charge is 0.0234 e. The second-order valence-electron chi connectivity index (χ2n) is 6.58. The third-order valence-electron chi connectivity index (χ3n) is 4.87. The second kappa shape index (κ2) is 9.39. The van der Waals surface area contributed by atoms with E-state index in [1.807, 2.05) is 0 Å². The van der Waals surface area contributed by atoms with Gasteiger partial charge in [0, 0.05) is 0 Å². The Labute approximate surface area is 120 Å². The summed E-state index contributed by atoms with van der Waals surface area (Å²) < 4.78 is 0. The van der Waals surface area contributed by atoms with Crippen LogP contribution >= 0.6 is 0 Å². The van der Waals surface area contributed by atoms with Crippen molar-refractivity contribution < 1.29 is 0 Å². The maximum absolute atomic E-state index is 2.54. The molecular formula is C19H32. The minimum absolute atomic E-state index is 0.876. The molecule has 108 valence electrons. The van der Waals surface area contributed by atoms with Gasteiger partial charge >= 0.3 is 0 Å². The molecule has 0 heteroatoms. The van der Waals surface area contributed by atoms with Crippen LogP contribution in [0.5, 0.6) is 0 Å². The van der Waals surface area contributed by atoms with Gasteiger partial charge in [-0.2, -0.15) is 0 Å². The molecule has 2 bridgehead atoms. The van der Waals surface area contributed by atoms with Gasteiger partial charge in [-0.05, 0) is 50.4 Å². The highest BCUT2D eigenvalue weighted by Gasteiger charge is 2.09. The first-order valence-corrected chi connectivity index (χ1v) is 8.78. The first-order valence-electron chi connectivity index (χ1n) is 8.78. The Morgan fingerprint density at radius 1 is 0.474 bits per heavy atom. The Bertz CT molecular complexity index is 242. The van der Waals surface area contributed by atoms with E-state index in [-0.39, 0.29) is 0 Å². The largest absolute Gasteiger partial charge is 0.0880 e. The molecule has 0 radical (unpaired) electrons. The fourth-order valence-electron chi connectivity index (χ4n) is 3.60. The maximum atomic E-state index is 2.54. The quantitative estimate of drug-likeness (QED) is 0.440. The summed E-state index contributed by atoms with van der Waals surface area (Å²) in [6, 6.07) is 0. The lowest BCUT2D eigenvalue weighted by molar-refractivity contribution is 0.470. The second-order valence-corrected chi connectivity index (χ2v) is 6.58. The molecule has 2 rings (SSSR count). The normalized spacial score (nSPS) is 34.5. The number of hydrogen-bond donors (Lipinski definition) is 0. The van der Waals surface area contributed by atoms with Crippen LogP contribution in [-0.4, -0.2) is 0 Å². The van der Waals surface area contributed by atoms with Gasteiger partial charge in [0.05, 0.1) is 0 Å². The van der Waals surface area contributed by atoms with Crippen LogP contribution in [0.3, 0.4) is 0 Å². The number of rotatable bonds is 0. The highest BCUT2D eigenvalue weighted by molar-refractivity contribution is 4.94. The Morgan fingerprint density at radius 2 is 0.842 bits per heavy atom. The Balaban J connectivity index is 2.00. The standard InChI is InChI=1S/C19H32/c1-2-7-13-19-15-9-4-3-8-14-18(12-6-1)16-10-5-11-17-19/h6-7,12-13,18-19H,1-5,8-11,14-17H2/b12-6-,13-7-. The van der Waals surface area contributed by atoms with Crippen LogP contribution in [0.15, 0.2) is 24.3 Å². The van der Waals surface area contributed by atoms with Crippen molar-refractivity contribution in [3.63, 3.8) is 0 Å². The van der Waals surface area contributed by atoms with Gasteiger partial charge < -0.3 is 0 Å². The van der Waals surface area contributed by atoms with Crippen LogP contribution in [-0.2, 0) is 0 Å². The molecule has 2 atom stereocenters. The van der Waals surface area contributed by atoms with E-state index < -0.39 is 0 Å². The topological polar surface area (TPSA) is 0 Å². The van der Waals surface area contributed by atoms with Gasteiger partial charge in [-0.1, -0.05) is 69.2 Å². The van der Waals surface area contributed by atoms with Gasteiger partial charge in [-0.15, -0.1) is 0 Å². The minimum atomic E-state index is 0.876. The Hall–Kier alpha value is -0.520. The SMILES string of the molecule is C1=C\C2CCCCCCC(/C=C\CC/1)CCCCC2. The molecular weight excluding hydrogens is 228 g/mol. The lowest BCUT2D eigenvalue weighted by Gasteiger charge is -2.12. The van der Waals surface area contributed by atoms with Crippen LogP contribution in [0, 0.1) is 11.8 Å². The first-order chi connectivity index (χ1) is 9.45. The van der Waals surface area contributed by atoms with Crippen molar-refractivity contribution in [3.8, 4) is 0 Å². The molecule has 0 amide bonds. The molecule has 1 saturated carbocycles. The molecule has 1 fully saturated rings. The third-order valence-corrected chi connectivity index (χ3v) is 4.87. The monoisotopic (exact) mass is 260 g/mol. The van der Waals surface area contributed by atoms with Crippen molar-refractivity contribution in [2.75, 3.05) is 0 Å². The fraction of sp³-hybridized carbons (Fsp3) is 0.789. The van der Waals surface area contributed by atoms with Gasteiger partial charge in [0.1, 0.15) is 0 Å². The van der Waals surface area contributed by atoms with E-state index in [4.69, 9.17) is 0 Å². The fourth-order valence-corrected chi connectivity index (χ4v) is 3.60. The Morgan fingerprint density at radius 3 is 1.26 bits per heavy atom. The van der Waals surface area contributed by atoms with Crippen molar-refractivity contribution in [3.05, 3.63) is 24.3 Å². The van der Waals surface area contributed by atoms with Crippen LogP contribution in [0.1, 0.15) is 83.5 Å². The summed E-state index contributed by atoms with van der Waals surface area (Å²) in [5.41, 5.74) is 0. The summed E-state index contributed by atoms with van der Waals surface area (Å²) in [7, 11) is 0. The van der Waals surface area contributed by atoms with E-state index >= 15 is 0 Å². The number of fused-ring (bicyclic) bond motifs is 6. The molecule has 2 unspecified atom stereocenters. The van der Waals surface area contributed by atoms with Crippen molar-refractivity contribution >= 4 is 0 Å². The van der Waals surface area contributed by atoms with Crippen molar-refractivity contribution in [2.45, 2.75) is 83.5 Å². The molecule has 2 aliphatic rings. The van der Waals surface area contributed by atoms with Crippen molar-refractivity contribution in [1.29, 1.82) is 0 Å². The zero-order chi connectivity index (χ0) is 13.2. The van der Waals surface area contributed by atoms with Gasteiger partial charge in [-0.3, -0.25) is 0 Å². The molecule has 0 N–H and O–H groups in total. The highest BCUT2D eigenvalue weighted by atomic mass is 14.1. The summed E-state index contributed by atoms with van der Waals surface area (Å²) in [6.45, 7) is 0. The van der Waals surface area contributed by atoms with Crippen LogP contribution in [0.4, 0.5) is 0 Å². The molecule has 0 aromatic carbocycles. The lowest BCUT2D eigenvalue weighted by Crippen LogP contribution is -1.97. The molecule has 0 aliphatic heterocycles. The van der Waals surface area contributed by atoms with E-state index in [0.717, 1.165) is 11.8 Å². The zero-order valence-corrected chi connectivity index (χ0v) is 12.7.